The van der Waals surface area contributed by atoms with E-state index in [4.69, 9.17) is 16.3 Å². The molecule has 7 nitrogen and oxygen atoms in total. The Hall–Kier alpha value is -3.97. The molecule has 3 aromatic rings. The van der Waals surface area contributed by atoms with E-state index >= 15 is 0 Å². The smallest absolute Gasteiger partial charge is 0.282 e. The molecule has 3 aromatic carbocycles. The molecular formula is C23H16ClN3O4. The monoisotopic (exact) mass is 433 g/mol. The summed E-state index contributed by atoms with van der Waals surface area (Å²) in [5.74, 6) is 0.713. The second-order valence-electron chi connectivity index (χ2n) is 6.67. The van der Waals surface area contributed by atoms with E-state index < -0.39 is 4.92 Å². The normalized spacial score (nSPS) is 14.6. The molecule has 0 aromatic heterocycles. The SMILES string of the molecule is COc1ccc(N2C(=O)/C(=C/c3cccc([N+](=O)[O-])c3)N=C2c2cccc(Cl)c2)cc1. The maximum absolute atomic E-state index is 13.3. The number of methoxy groups -OCH3 is 1. The fourth-order valence-corrected chi connectivity index (χ4v) is 3.39. The first-order chi connectivity index (χ1) is 15.0. The summed E-state index contributed by atoms with van der Waals surface area (Å²) < 4.78 is 5.20. The molecule has 8 heteroatoms. The van der Waals surface area contributed by atoms with Gasteiger partial charge in [-0.3, -0.25) is 19.8 Å². The standard InChI is InChI=1S/C23H16ClN3O4/c1-31-20-10-8-18(9-11-20)26-22(16-5-3-6-17(24)14-16)25-21(23(26)28)13-15-4-2-7-19(12-15)27(29)30/h2-14H,1H3/b21-13-. The van der Waals surface area contributed by atoms with Crippen LogP contribution in [0.5, 0.6) is 5.75 Å². The Morgan fingerprint density at radius 3 is 2.48 bits per heavy atom. The third-order valence-corrected chi connectivity index (χ3v) is 4.89. The maximum Gasteiger partial charge on any atom is 0.282 e. The van der Waals surface area contributed by atoms with Crippen molar-refractivity contribution in [3.8, 4) is 5.75 Å². The number of benzene rings is 3. The van der Waals surface area contributed by atoms with Crippen LogP contribution in [-0.4, -0.2) is 23.8 Å². The molecule has 0 atom stereocenters. The lowest BCUT2D eigenvalue weighted by Crippen LogP contribution is -2.32. The lowest BCUT2D eigenvalue weighted by molar-refractivity contribution is -0.384. The van der Waals surface area contributed by atoms with Crippen LogP contribution in [0.15, 0.2) is 83.5 Å². The molecule has 0 spiro atoms. The third kappa shape index (κ3) is 4.17. The second-order valence-corrected chi connectivity index (χ2v) is 7.10. The van der Waals surface area contributed by atoms with E-state index in [1.54, 1.807) is 61.7 Å². The van der Waals surface area contributed by atoms with Gasteiger partial charge in [-0.05, 0) is 48.0 Å². The number of carbonyl (C=O) groups excluding carboxylic acids is 1. The van der Waals surface area contributed by atoms with Gasteiger partial charge in [0.2, 0.25) is 0 Å². The van der Waals surface area contributed by atoms with Crippen molar-refractivity contribution >= 4 is 40.8 Å². The van der Waals surface area contributed by atoms with E-state index in [-0.39, 0.29) is 17.3 Å². The molecule has 0 aliphatic carbocycles. The largest absolute Gasteiger partial charge is 0.497 e. The highest BCUT2D eigenvalue weighted by atomic mass is 35.5. The summed E-state index contributed by atoms with van der Waals surface area (Å²) in [4.78, 5) is 29.9. The molecule has 0 bridgehead atoms. The first-order valence-corrected chi connectivity index (χ1v) is 9.63. The molecule has 0 saturated carbocycles. The zero-order valence-corrected chi connectivity index (χ0v) is 17.1. The summed E-state index contributed by atoms with van der Waals surface area (Å²) >= 11 is 6.15. The van der Waals surface area contributed by atoms with Crippen molar-refractivity contribution < 1.29 is 14.5 Å². The van der Waals surface area contributed by atoms with Crippen LogP contribution in [-0.2, 0) is 4.79 Å². The highest BCUT2D eigenvalue weighted by molar-refractivity contribution is 6.35. The van der Waals surface area contributed by atoms with Gasteiger partial charge < -0.3 is 4.74 Å². The number of carbonyl (C=O) groups is 1. The Kier molecular flexibility index (Phi) is 5.51. The summed E-state index contributed by atoms with van der Waals surface area (Å²) in [6.45, 7) is 0. The van der Waals surface area contributed by atoms with Crippen LogP contribution in [0.1, 0.15) is 11.1 Å². The Labute approximate surface area is 183 Å². The van der Waals surface area contributed by atoms with Gasteiger partial charge in [-0.1, -0.05) is 35.9 Å². The lowest BCUT2D eigenvalue weighted by atomic mass is 10.1. The van der Waals surface area contributed by atoms with Crippen LogP contribution in [0.4, 0.5) is 11.4 Å². The van der Waals surface area contributed by atoms with Crippen LogP contribution in [0, 0.1) is 10.1 Å². The van der Waals surface area contributed by atoms with Gasteiger partial charge in [0.25, 0.3) is 11.6 Å². The summed E-state index contributed by atoms with van der Waals surface area (Å²) in [6, 6.07) is 20.1. The summed E-state index contributed by atoms with van der Waals surface area (Å²) in [6.07, 6.45) is 1.53. The first-order valence-electron chi connectivity index (χ1n) is 9.25. The summed E-state index contributed by atoms with van der Waals surface area (Å²) in [5.41, 5.74) is 1.87. The number of halogens is 1. The summed E-state index contributed by atoms with van der Waals surface area (Å²) in [5, 5.41) is 11.6. The number of ether oxygens (including phenoxy) is 1. The van der Waals surface area contributed by atoms with Crippen molar-refractivity contribution in [2.75, 3.05) is 12.0 Å². The second kappa shape index (κ2) is 8.41. The minimum atomic E-state index is -0.483. The first kappa shape index (κ1) is 20.3. The van der Waals surface area contributed by atoms with Crippen LogP contribution < -0.4 is 9.64 Å². The van der Waals surface area contributed by atoms with Crippen LogP contribution in [0.3, 0.4) is 0 Å². The van der Waals surface area contributed by atoms with Crippen molar-refractivity contribution in [3.63, 3.8) is 0 Å². The highest BCUT2D eigenvalue weighted by Crippen LogP contribution is 2.30. The van der Waals surface area contributed by atoms with Crippen LogP contribution in [0.2, 0.25) is 5.02 Å². The van der Waals surface area contributed by atoms with Gasteiger partial charge in [0.05, 0.1) is 17.7 Å². The third-order valence-electron chi connectivity index (χ3n) is 4.66. The molecule has 154 valence electrons. The van der Waals surface area contributed by atoms with Crippen molar-refractivity contribution in [1.29, 1.82) is 0 Å². The van der Waals surface area contributed by atoms with Gasteiger partial charge in [-0.25, -0.2) is 4.99 Å². The van der Waals surface area contributed by atoms with E-state index in [1.165, 1.54) is 23.1 Å². The summed E-state index contributed by atoms with van der Waals surface area (Å²) in [7, 11) is 1.56. The fraction of sp³-hybridized carbons (Fsp3) is 0.0435. The Morgan fingerprint density at radius 2 is 1.81 bits per heavy atom. The average Bonchev–Trinajstić information content (AvgIpc) is 3.10. The number of rotatable bonds is 5. The molecule has 1 heterocycles. The van der Waals surface area contributed by atoms with Crippen molar-refractivity contribution in [1.82, 2.24) is 0 Å². The van der Waals surface area contributed by atoms with Crippen molar-refractivity contribution in [3.05, 3.63) is 105 Å². The number of hydrogen-bond acceptors (Lipinski definition) is 5. The molecule has 1 aliphatic heterocycles. The number of non-ortho nitro benzene ring substituents is 1. The van der Waals surface area contributed by atoms with Crippen LogP contribution >= 0.6 is 11.6 Å². The number of nitro benzene ring substituents is 1. The van der Waals surface area contributed by atoms with E-state index in [0.717, 1.165) is 0 Å². The molecule has 1 aliphatic rings. The molecule has 0 radical (unpaired) electrons. The van der Waals surface area contributed by atoms with Gasteiger partial charge in [-0.15, -0.1) is 0 Å². The minimum Gasteiger partial charge on any atom is -0.497 e. The zero-order valence-electron chi connectivity index (χ0n) is 16.4. The average molecular weight is 434 g/mol. The molecule has 1 amide bonds. The molecule has 0 saturated heterocycles. The predicted molar refractivity (Wildman–Crippen MR) is 120 cm³/mol. The highest BCUT2D eigenvalue weighted by Gasteiger charge is 2.32. The molecular weight excluding hydrogens is 418 g/mol. The zero-order chi connectivity index (χ0) is 22.0. The van der Waals surface area contributed by atoms with E-state index in [9.17, 15) is 14.9 Å². The fourth-order valence-electron chi connectivity index (χ4n) is 3.19. The number of nitro groups is 1. The van der Waals surface area contributed by atoms with E-state index in [0.29, 0.717) is 33.4 Å². The topological polar surface area (TPSA) is 85.0 Å². The van der Waals surface area contributed by atoms with Crippen molar-refractivity contribution in [2.45, 2.75) is 0 Å². The number of amides is 1. The molecule has 0 fully saturated rings. The van der Waals surface area contributed by atoms with Gasteiger partial charge in [0.15, 0.2) is 0 Å². The Bertz CT molecular complexity index is 1240. The molecule has 0 N–H and O–H groups in total. The Morgan fingerprint density at radius 1 is 1.06 bits per heavy atom. The maximum atomic E-state index is 13.3. The van der Waals surface area contributed by atoms with E-state index in [2.05, 4.69) is 4.99 Å². The molecule has 4 rings (SSSR count). The molecule has 0 unspecified atom stereocenters. The number of nitrogens with zero attached hydrogens (tertiary/aromatic N) is 3. The number of anilines is 1. The quantitative estimate of drug-likeness (QED) is 0.318. The van der Waals surface area contributed by atoms with Gasteiger partial charge in [-0.2, -0.15) is 0 Å². The van der Waals surface area contributed by atoms with E-state index in [1.807, 2.05) is 6.07 Å². The number of hydrogen-bond donors (Lipinski definition) is 0. The van der Waals surface area contributed by atoms with Crippen molar-refractivity contribution in [2.24, 2.45) is 4.99 Å². The predicted octanol–water partition coefficient (Wildman–Crippen LogP) is 5.09. The van der Waals surface area contributed by atoms with Gasteiger partial charge in [0, 0.05) is 22.7 Å². The lowest BCUT2D eigenvalue weighted by Gasteiger charge is -2.19. The van der Waals surface area contributed by atoms with Crippen LogP contribution in [0.25, 0.3) is 6.08 Å². The minimum absolute atomic E-state index is 0.0640. The Balaban J connectivity index is 1.81. The number of aliphatic imine (C=N–C) groups is 1. The van der Waals surface area contributed by atoms with Gasteiger partial charge >= 0.3 is 0 Å². The molecule has 31 heavy (non-hydrogen) atoms. The number of amidine groups is 1. The van der Waals surface area contributed by atoms with Gasteiger partial charge in [0.1, 0.15) is 17.3 Å².